The molecular formula is C16H20Cl2N4O. The number of carbonyl (C=O) groups excluding carboxylic acids is 1. The van der Waals surface area contributed by atoms with Crippen LogP contribution < -0.4 is 5.73 Å². The van der Waals surface area contributed by atoms with Crippen molar-refractivity contribution in [1.29, 1.82) is 0 Å². The lowest BCUT2D eigenvalue weighted by atomic mass is 9.90. The van der Waals surface area contributed by atoms with Gasteiger partial charge in [0.25, 0.3) is 5.91 Å². The Labute approximate surface area is 146 Å². The summed E-state index contributed by atoms with van der Waals surface area (Å²) in [5.74, 6) is -0.0270. The summed E-state index contributed by atoms with van der Waals surface area (Å²) in [6.45, 7) is 4.10. The summed E-state index contributed by atoms with van der Waals surface area (Å²) in [6.07, 6.45) is 2.49. The van der Waals surface area contributed by atoms with E-state index in [1.807, 2.05) is 23.1 Å². The topological polar surface area (TPSA) is 75.0 Å². The zero-order chi connectivity index (χ0) is 15.7. The second-order valence-corrected chi connectivity index (χ2v) is 6.54. The largest absolute Gasteiger partial charge is 0.338 e. The molecule has 1 aromatic carbocycles. The molecule has 2 heterocycles. The van der Waals surface area contributed by atoms with E-state index in [-0.39, 0.29) is 23.7 Å². The van der Waals surface area contributed by atoms with Gasteiger partial charge in [-0.05, 0) is 24.4 Å². The van der Waals surface area contributed by atoms with Gasteiger partial charge in [-0.15, -0.1) is 12.4 Å². The molecule has 0 saturated carbocycles. The van der Waals surface area contributed by atoms with E-state index in [1.54, 1.807) is 12.3 Å². The van der Waals surface area contributed by atoms with E-state index in [0.717, 1.165) is 18.5 Å². The molecule has 23 heavy (non-hydrogen) atoms. The van der Waals surface area contributed by atoms with Gasteiger partial charge in [0, 0.05) is 23.7 Å². The fourth-order valence-electron chi connectivity index (χ4n) is 2.85. The minimum absolute atomic E-state index is 0. The third-order valence-electron chi connectivity index (χ3n) is 4.35. The number of carbonyl (C=O) groups is 1. The second kappa shape index (κ2) is 6.91. The number of aromatic nitrogens is 2. The SMILES string of the molecule is CC1(CN)CCN(C(=O)c2cn[nH]c2-c2ccccc2Cl)C1.Cl. The van der Waals surface area contributed by atoms with Gasteiger partial charge in [0.05, 0.1) is 17.5 Å². The molecule has 7 heteroatoms. The van der Waals surface area contributed by atoms with Crippen LogP contribution in [0.2, 0.25) is 5.02 Å². The molecule has 0 bridgehead atoms. The lowest BCUT2D eigenvalue weighted by Crippen LogP contribution is -2.34. The molecule has 1 aliphatic heterocycles. The highest BCUT2D eigenvalue weighted by Crippen LogP contribution is 2.32. The van der Waals surface area contributed by atoms with Gasteiger partial charge in [0.1, 0.15) is 0 Å². The number of H-pyrrole nitrogens is 1. The van der Waals surface area contributed by atoms with Crippen molar-refractivity contribution in [1.82, 2.24) is 15.1 Å². The standard InChI is InChI=1S/C16H19ClN4O.ClH/c1-16(9-18)6-7-21(10-16)15(22)12-8-19-20-14(12)11-4-2-3-5-13(11)17;/h2-5,8H,6-7,9-10,18H2,1H3,(H,19,20);1H. The molecule has 3 N–H and O–H groups in total. The molecule has 1 fully saturated rings. The fraction of sp³-hybridized carbons (Fsp3) is 0.375. The van der Waals surface area contributed by atoms with Crippen molar-refractivity contribution < 1.29 is 4.79 Å². The van der Waals surface area contributed by atoms with Gasteiger partial charge in [0.2, 0.25) is 0 Å². The Hall–Kier alpha value is -1.56. The normalized spacial score (nSPS) is 20.4. The van der Waals surface area contributed by atoms with Crippen molar-refractivity contribution in [3.8, 4) is 11.3 Å². The number of hydrogen-bond donors (Lipinski definition) is 2. The number of rotatable bonds is 3. The van der Waals surface area contributed by atoms with Crippen LogP contribution in [0.5, 0.6) is 0 Å². The molecule has 5 nitrogen and oxygen atoms in total. The molecular weight excluding hydrogens is 335 g/mol. The van der Waals surface area contributed by atoms with Gasteiger partial charge in [-0.1, -0.05) is 36.7 Å². The predicted molar refractivity (Wildman–Crippen MR) is 94.0 cm³/mol. The summed E-state index contributed by atoms with van der Waals surface area (Å²) < 4.78 is 0. The lowest BCUT2D eigenvalue weighted by molar-refractivity contribution is 0.0777. The Balaban J connectivity index is 0.00000192. The second-order valence-electron chi connectivity index (χ2n) is 6.13. The highest BCUT2D eigenvalue weighted by Gasteiger charge is 2.36. The van der Waals surface area contributed by atoms with Gasteiger partial charge < -0.3 is 10.6 Å². The van der Waals surface area contributed by atoms with Crippen molar-refractivity contribution in [3.05, 3.63) is 41.0 Å². The van der Waals surface area contributed by atoms with Gasteiger partial charge in [-0.2, -0.15) is 5.10 Å². The van der Waals surface area contributed by atoms with E-state index in [2.05, 4.69) is 17.1 Å². The molecule has 1 unspecified atom stereocenters. The average molecular weight is 355 g/mol. The van der Waals surface area contributed by atoms with Crippen molar-refractivity contribution in [2.45, 2.75) is 13.3 Å². The maximum Gasteiger partial charge on any atom is 0.257 e. The van der Waals surface area contributed by atoms with E-state index in [0.29, 0.717) is 29.4 Å². The molecule has 1 aromatic heterocycles. The first-order valence-corrected chi connectivity index (χ1v) is 7.69. The molecule has 1 amide bonds. The molecule has 1 atom stereocenters. The number of nitrogens with zero attached hydrogens (tertiary/aromatic N) is 2. The van der Waals surface area contributed by atoms with E-state index in [1.165, 1.54) is 0 Å². The third kappa shape index (κ3) is 3.37. The van der Waals surface area contributed by atoms with Crippen molar-refractivity contribution >= 4 is 29.9 Å². The zero-order valence-electron chi connectivity index (χ0n) is 12.9. The van der Waals surface area contributed by atoms with Crippen molar-refractivity contribution in [2.24, 2.45) is 11.1 Å². The van der Waals surface area contributed by atoms with Crippen LogP contribution in [0.4, 0.5) is 0 Å². The van der Waals surface area contributed by atoms with E-state index < -0.39 is 0 Å². The Morgan fingerprint density at radius 1 is 1.48 bits per heavy atom. The van der Waals surface area contributed by atoms with E-state index in [9.17, 15) is 4.79 Å². The summed E-state index contributed by atoms with van der Waals surface area (Å²) in [4.78, 5) is 14.6. The van der Waals surface area contributed by atoms with E-state index in [4.69, 9.17) is 17.3 Å². The van der Waals surface area contributed by atoms with Crippen molar-refractivity contribution in [2.75, 3.05) is 19.6 Å². The van der Waals surface area contributed by atoms with Crippen LogP contribution in [0.15, 0.2) is 30.5 Å². The first kappa shape index (κ1) is 17.8. The molecule has 0 radical (unpaired) electrons. The summed E-state index contributed by atoms with van der Waals surface area (Å²) in [7, 11) is 0. The van der Waals surface area contributed by atoms with Gasteiger partial charge >= 0.3 is 0 Å². The molecule has 1 aliphatic rings. The van der Waals surface area contributed by atoms with Crippen molar-refractivity contribution in [3.63, 3.8) is 0 Å². The minimum Gasteiger partial charge on any atom is -0.338 e. The van der Waals surface area contributed by atoms with Crippen LogP contribution in [0.25, 0.3) is 11.3 Å². The molecule has 0 spiro atoms. The lowest BCUT2D eigenvalue weighted by Gasteiger charge is -2.22. The number of halogens is 2. The van der Waals surface area contributed by atoms with Crippen LogP contribution >= 0.6 is 24.0 Å². The van der Waals surface area contributed by atoms with Crippen LogP contribution in [0.1, 0.15) is 23.7 Å². The maximum absolute atomic E-state index is 12.8. The quantitative estimate of drug-likeness (QED) is 0.889. The molecule has 0 aliphatic carbocycles. The van der Waals surface area contributed by atoms with Gasteiger partial charge in [-0.25, -0.2) is 0 Å². The Bertz CT molecular complexity index is 703. The van der Waals surface area contributed by atoms with Crippen LogP contribution in [0.3, 0.4) is 0 Å². The molecule has 1 saturated heterocycles. The Morgan fingerprint density at radius 2 is 2.22 bits per heavy atom. The number of benzene rings is 1. The highest BCUT2D eigenvalue weighted by atomic mass is 35.5. The van der Waals surface area contributed by atoms with E-state index >= 15 is 0 Å². The number of aromatic amines is 1. The van der Waals surface area contributed by atoms with Crippen LogP contribution in [-0.2, 0) is 0 Å². The average Bonchev–Trinajstić information content (AvgIpc) is 3.14. The number of nitrogens with two attached hydrogens (primary N) is 1. The Morgan fingerprint density at radius 3 is 2.87 bits per heavy atom. The van der Waals surface area contributed by atoms with Gasteiger partial charge in [0.15, 0.2) is 0 Å². The zero-order valence-corrected chi connectivity index (χ0v) is 14.5. The molecule has 3 rings (SSSR count). The summed E-state index contributed by atoms with van der Waals surface area (Å²) >= 11 is 6.23. The monoisotopic (exact) mass is 354 g/mol. The Kier molecular flexibility index (Phi) is 5.34. The highest BCUT2D eigenvalue weighted by molar-refractivity contribution is 6.33. The first-order valence-electron chi connectivity index (χ1n) is 7.32. The maximum atomic E-state index is 12.8. The fourth-order valence-corrected chi connectivity index (χ4v) is 3.08. The van der Waals surface area contributed by atoms with Crippen LogP contribution in [0, 0.1) is 5.41 Å². The predicted octanol–water partition coefficient (Wildman–Crippen LogP) is 2.96. The minimum atomic E-state index is -0.0270. The smallest absolute Gasteiger partial charge is 0.257 e. The summed E-state index contributed by atoms with van der Waals surface area (Å²) in [5, 5.41) is 7.52. The third-order valence-corrected chi connectivity index (χ3v) is 4.68. The number of amides is 1. The number of hydrogen-bond acceptors (Lipinski definition) is 3. The molecule has 2 aromatic rings. The summed E-state index contributed by atoms with van der Waals surface area (Å²) in [6, 6.07) is 7.42. The molecule has 124 valence electrons. The summed E-state index contributed by atoms with van der Waals surface area (Å²) in [5.41, 5.74) is 7.82. The first-order chi connectivity index (χ1) is 10.5. The van der Waals surface area contributed by atoms with Gasteiger partial charge in [-0.3, -0.25) is 9.89 Å². The number of likely N-dealkylation sites (tertiary alicyclic amines) is 1. The van der Waals surface area contributed by atoms with Crippen LogP contribution in [-0.4, -0.2) is 40.6 Å². The number of nitrogens with one attached hydrogen (secondary N) is 1.